The number of benzene rings is 1. The fourth-order valence-electron chi connectivity index (χ4n) is 4.76. The maximum atomic E-state index is 13.7. The molecule has 2 heterocycles. The van der Waals surface area contributed by atoms with Crippen molar-refractivity contribution in [3.63, 3.8) is 0 Å². The lowest BCUT2D eigenvalue weighted by Crippen LogP contribution is -2.42. The van der Waals surface area contributed by atoms with Crippen LogP contribution in [0.2, 0.25) is 0 Å². The maximum absolute atomic E-state index is 13.7. The van der Waals surface area contributed by atoms with Gasteiger partial charge in [0.05, 0.1) is 23.1 Å². The second-order valence-corrected chi connectivity index (χ2v) is 9.22. The first-order valence-electron chi connectivity index (χ1n) is 11.9. The summed E-state index contributed by atoms with van der Waals surface area (Å²) < 4.78 is 15.3. The van der Waals surface area contributed by atoms with E-state index in [2.05, 4.69) is 15.6 Å². The van der Waals surface area contributed by atoms with Gasteiger partial charge < -0.3 is 20.3 Å². The van der Waals surface area contributed by atoms with Gasteiger partial charge in [-0.05, 0) is 81.0 Å². The summed E-state index contributed by atoms with van der Waals surface area (Å²) in [5.74, 6) is -2.37. The van der Waals surface area contributed by atoms with Crippen molar-refractivity contribution in [2.24, 2.45) is 7.05 Å². The van der Waals surface area contributed by atoms with Crippen molar-refractivity contribution < 1.29 is 23.9 Å². The first kappa shape index (κ1) is 25.2. The molecule has 0 spiro atoms. The zero-order valence-electron chi connectivity index (χ0n) is 20.5. The highest BCUT2D eigenvalue weighted by atomic mass is 19.1. The molecule has 0 saturated heterocycles. The lowest BCUT2D eigenvalue weighted by molar-refractivity contribution is -0.118. The highest BCUT2D eigenvalue weighted by Crippen LogP contribution is 2.32. The van der Waals surface area contributed by atoms with Crippen LogP contribution >= 0.6 is 0 Å². The molecule has 1 aliphatic carbocycles. The molecular weight excluding hydrogens is 463 g/mol. The van der Waals surface area contributed by atoms with Crippen molar-refractivity contribution in [1.82, 2.24) is 14.9 Å². The number of aromatic nitrogens is 2. The number of halogens is 1. The smallest absolute Gasteiger partial charge is 0.294 e. The monoisotopic (exact) mass is 492 g/mol. The second kappa shape index (κ2) is 10.4. The summed E-state index contributed by atoms with van der Waals surface area (Å²) in [5.41, 5.74) is 2.51. The average Bonchev–Trinajstić information content (AvgIpc) is 3.12. The van der Waals surface area contributed by atoms with Gasteiger partial charge in [-0.15, -0.1) is 0 Å². The van der Waals surface area contributed by atoms with Crippen LogP contribution in [0.1, 0.15) is 57.7 Å². The van der Waals surface area contributed by atoms with Crippen LogP contribution in [0.25, 0.3) is 11.3 Å². The lowest BCUT2D eigenvalue weighted by atomic mass is 9.93. The number of nitrogens with zero attached hydrogens (tertiary/aromatic N) is 2. The minimum absolute atomic E-state index is 0.0997. The number of carbonyl (C=O) groups is 3. The molecule has 3 aromatic rings. The standard InChI is InChI=1S/C27H29FN4O4/c1-15-13-19(8-11-21(15)28)31-26(35)22-16(2)23(32(3)24(22)17-5-4-12-29-14-17)25(34)27(36)30-18-6-9-20(33)10-7-18/h4-5,8,11-14,18,20,33H,6-7,9-10H2,1-3H3,(H,30,36)(H,31,35)/t18-,20+. The Bertz CT molecular complexity index is 1310. The van der Waals surface area contributed by atoms with Crippen molar-refractivity contribution in [1.29, 1.82) is 0 Å². The fraction of sp³-hybridized carbons (Fsp3) is 0.333. The van der Waals surface area contributed by atoms with Crippen LogP contribution < -0.4 is 10.6 Å². The number of aliphatic hydroxyl groups is 1. The Morgan fingerprint density at radius 1 is 1.11 bits per heavy atom. The Morgan fingerprint density at radius 3 is 2.47 bits per heavy atom. The molecule has 2 amide bonds. The van der Waals surface area contributed by atoms with E-state index in [1.54, 1.807) is 50.0 Å². The number of Topliss-reactive ketones (excluding diaryl/α,β-unsaturated/α-hetero) is 1. The van der Waals surface area contributed by atoms with E-state index in [-0.39, 0.29) is 29.2 Å². The van der Waals surface area contributed by atoms with E-state index in [0.29, 0.717) is 53.8 Å². The van der Waals surface area contributed by atoms with Gasteiger partial charge in [-0.25, -0.2) is 4.39 Å². The number of rotatable bonds is 6. The van der Waals surface area contributed by atoms with E-state index in [9.17, 15) is 23.9 Å². The van der Waals surface area contributed by atoms with E-state index in [0.717, 1.165) is 0 Å². The van der Waals surface area contributed by atoms with E-state index in [1.807, 2.05) is 0 Å². The maximum Gasteiger partial charge on any atom is 0.294 e. The van der Waals surface area contributed by atoms with Gasteiger partial charge in [-0.3, -0.25) is 19.4 Å². The average molecular weight is 493 g/mol. The van der Waals surface area contributed by atoms with Gasteiger partial charge in [-0.2, -0.15) is 0 Å². The van der Waals surface area contributed by atoms with Crippen LogP contribution in [0, 0.1) is 19.7 Å². The minimum Gasteiger partial charge on any atom is -0.393 e. The first-order chi connectivity index (χ1) is 17.2. The van der Waals surface area contributed by atoms with Gasteiger partial charge in [0.1, 0.15) is 5.82 Å². The molecule has 0 aliphatic heterocycles. The molecule has 9 heteroatoms. The molecule has 0 bridgehead atoms. The second-order valence-electron chi connectivity index (χ2n) is 9.22. The van der Waals surface area contributed by atoms with Crippen LogP contribution in [0.3, 0.4) is 0 Å². The van der Waals surface area contributed by atoms with Gasteiger partial charge in [0.25, 0.3) is 17.6 Å². The fourth-order valence-corrected chi connectivity index (χ4v) is 4.76. The third kappa shape index (κ3) is 5.06. The summed E-state index contributed by atoms with van der Waals surface area (Å²) in [6, 6.07) is 7.55. The molecule has 8 nitrogen and oxygen atoms in total. The molecule has 1 saturated carbocycles. The number of hydrogen-bond acceptors (Lipinski definition) is 5. The number of pyridine rings is 1. The predicted octanol–water partition coefficient (Wildman–Crippen LogP) is 3.70. The molecule has 1 aromatic carbocycles. The zero-order chi connectivity index (χ0) is 26.0. The number of hydrogen-bond donors (Lipinski definition) is 3. The van der Waals surface area contributed by atoms with Crippen molar-refractivity contribution in [2.45, 2.75) is 51.7 Å². The molecule has 1 fully saturated rings. The number of nitrogens with one attached hydrogen (secondary N) is 2. The van der Waals surface area contributed by atoms with E-state index >= 15 is 0 Å². The zero-order valence-corrected chi connectivity index (χ0v) is 20.5. The Labute approximate surface area is 208 Å². The summed E-state index contributed by atoms with van der Waals surface area (Å²) in [6.45, 7) is 3.23. The Hall–Kier alpha value is -3.85. The van der Waals surface area contributed by atoms with Crippen LogP contribution in [-0.4, -0.2) is 44.4 Å². The Morgan fingerprint density at radius 2 is 1.83 bits per heavy atom. The summed E-state index contributed by atoms with van der Waals surface area (Å²) in [7, 11) is 1.63. The summed E-state index contributed by atoms with van der Waals surface area (Å²) in [4.78, 5) is 43.8. The number of carbonyl (C=O) groups excluding carboxylic acids is 3. The SMILES string of the molecule is Cc1cc(NC(=O)c2c(C)c(C(=O)C(=O)N[C@H]3CC[C@@H](O)CC3)n(C)c2-c2cccnc2)ccc1F. The van der Waals surface area contributed by atoms with E-state index in [4.69, 9.17) is 0 Å². The van der Waals surface area contributed by atoms with Crippen LogP contribution in [0.5, 0.6) is 0 Å². The normalized spacial score (nSPS) is 17.5. The number of ketones is 1. The van der Waals surface area contributed by atoms with Crippen molar-refractivity contribution in [3.8, 4) is 11.3 Å². The van der Waals surface area contributed by atoms with Crippen molar-refractivity contribution in [3.05, 3.63) is 70.9 Å². The highest BCUT2D eigenvalue weighted by molar-refractivity contribution is 6.43. The quantitative estimate of drug-likeness (QED) is 0.359. The Balaban J connectivity index is 1.70. The number of aliphatic hydroxyl groups excluding tert-OH is 1. The van der Waals surface area contributed by atoms with Crippen LogP contribution in [0.4, 0.5) is 10.1 Å². The van der Waals surface area contributed by atoms with Crippen LogP contribution in [-0.2, 0) is 11.8 Å². The molecule has 0 atom stereocenters. The van der Waals surface area contributed by atoms with E-state index in [1.165, 1.54) is 18.2 Å². The summed E-state index contributed by atoms with van der Waals surface area (Å²) in [5, 5.41) is 15.3. The van der Waals surface area contributed by atoms with Crippen LogP contribution in [0.15, 0.2) is 42.7 Å². The molecule has 0 radical (unpaired) electrons. The molecule has 0 unspecified atom stereocenters. The molecule has 2 aromatic heterocycles. The van der Waals surface area contributed by atoms with Gasteiger partial charge in [0.15, 0.2) is 0 Å². The van der Waals surface area contributed by atoms with Crippen molar-refractivity contribution >= 4 is 23.3 Å². The largest absolute Gasteiger partial charge is 0.393 e. The predicted molar refractivity (Wildman–Crippen MR) is 133 cm³/mol. The molecule has 1 aliphatic rings. The molecule has 3 N–H and O–H groups in total. The van der Waals surface area contributed by atoms with Gasteiger partial charge >= 0.3 is 0 Å². The first-order valence-corrected chi connectivity index (χ1v) is 11.9. The van der Waals surface area contributed by atoms with Gasteiger partial charge in [0, 0.05) is 36.7 Å². The number of amides is 2. The Kier molecular flexibility index (Phi) is 7.30. The summed E-state index contributed by atoms with van der Waals surface area (Å²) in [6.07, 6.45) is 5.13. The third-order valence-corrected chi connectivity index (χ3v) is 6.67. The molecule has 4 rings (SSSR count). The number of anilines is 1. The lowest BCUT2D eigenvalue weighted by Gasteiger charge is -2.25. The molecule has 36 heavy (non-hydrogen) atoms. The van der Waals surface area contributed by atoms with E-state index < -0.39 is 17.6 Å². The van der Waals surface area contributed by atoms with Gasteiger partial charge in [-0.1, -0.05) is 0 Å². The van der Waals surface area contributed by atoms with Crippen molar-refractivity contribution in [2.75, 3.05) is 5.32 Å². The third-order valence-electron chi connectivity index (χ3n) is 6.67. The molecule has 188 valence electrons. The number of aryl methyl sites for hydroxylation is 1. The van der Waals surface area contributed by atoms with Gasteiger partial charge in [0.2, 0.25) is 0 Å². The minimum atomic E-state index is -0.751. The summed E-state index contributed by atoms with van der Waals surface area (Å²) >= 11 is 0. The molecular formula is C27H29FN4O4. The topological polar surface area (TPSA) is 113 Å². The highest BCUT2D eigenvalue weighted by Gasteiger charge is 2.32.